The third-order valence-corrected chi connectivity index (χ3v) is 2.87. The van der Waals surface area contributed by atoms with Crippen molar-refractivity contribution in [2.75, 3.05) is 39.8 Å². The third kappa shape index (κ3) is 4.40. The molecule has 0 saturated carbocycles. The summed E-state index contributed by atoms with van der Waals surface area (Å²) in [6.45, 7) is 7.98. The van der Waals surface area contributed by atoms with E-state index in [4.69, 9.17) is 4.74 Å². The first-order chi connectivity index (χ1) is 6.86. The van der Waals surface area contributed by atoms with Gasteiger partial charge < -0.3 is 15.0 Å². The summed E-state index contributed by atoms with van der Waals surface area (Å²) >= 11 is 0. The minimum absolute atomic E-state index is 0.475. The van der Waals surface area contributed by atoms with Crippen molar-refractivity contribution in [1.82, 2.24) is 10.2 Å². The summed E-state index contributed by atoms with van der Waals surface area (Å²) in [7, 11) is 1.83. The Morgan fingerprint density at radius 2 is 2.36 bits per heavy atom. The summed E-state index contributed by atoms with van der Waals surface area (Å²) in [5.74, 6) is 0. The monoisotopic (exact) mass is 200 g/mol. The lowest BCUT2D eigenvalue weighted by atomic mass is 10.1. The van der Waals surface area contributed by atoms with Crippen LogP contribution >= 0.6 is 0 Å². The molecule has 1 N–H and O–H groups in total. The molecule has 3 heteroatoms. The first-order valence-electron chi connectivity index (χ1n) is 5.82. The number of nitrogens with one attached hydrogen (secondary N) is 1. The van der Waals surface area contributed by atoms with E-state index in [0.717, 1.165) is 19.6 Å². The molecule has 0 bridgehead atoms. The molecule has 0 aromatic carbocycles. The maximum absolute atomic E-state index is 5.39. The number of hydrogen-bond acceptors (Lipinski definition) is 3. The molecule has 1 unspecified atom stereocenters. The van der Waals surface area contributed by atoms with Crippen LogP contribution < -0.4 is 5.32 Å². The Morgan fingerprint density at radius 1 is 1.50 bits per heavy atom. The Balaban J connectivity index is 2.05. The molecule has 1 rings (SSSR count). The smallest absolute Gasteiger partial charge is 0.0698 e. The van der Waals surface area contributed by atoms with Crippen LogP contribution in [0.3, 0.4) is 0 Å². The van der Waals surface area contributed by atoms with E-state index in [-0.39, 0.29) is 0 Å². The summed E-state index contributed by atoms with van der Waals surface area (Å²) in [6, 6.07) is 0. The van der Waals surface area contributed by atoms with Gasteiger partial charge in [-0.3, -0.25) is 0 Å². The lowest BCUT2D eigenvalue weighted by Gasteiger charge is -2.31. The van der Waals surface area contributed by atoms with Gasteiger partial charge in [0.05, 0.1) is 6.10 Å². The summed E-state index contributed by atoms with van der Waals surface area (Å²) in [4.78, 5) is 2.52. The van der Waals surface area contributed by atoms with Crippen molar-refractivity contribution in [3.05, 3.63) is 0 Å². The van der Waals surface area contributed by atoms with Crippen LogP contribution in [0.4, 0.5) is 0 Å². The van der Waals surface area contributed by atoms with Gasteiger partial charge in [0.1, 0.15) is 0 Å². The summed E-state index contributed by atoms with van der Waals surface area (Å²) in [6.07, 6.45) is 4.26. The second kappa shape index (κ2) is 7.21. The second-order valence-corrected chi connectivity index (χ2v) is 4.01. The van der Waals surface area contributed by atoms with Gasteiger partial charge in [-0.25, -0.2) is 0 Å². The number of likely N-dealkylation sites (tertiary alicyclic amines) is 1. The zero-order chi connectivity index (χ0) is 10.2. The van der Waals surface area contributed by atoms with Gasteiger partial charge >= 0.3 is 0 Å². The van der Waals surface area contributed by atoms with Gasteiger partial charge in [0.2, 0.25) is 0 Å². The average molecular weight is 200 g/mol. The number of hydrogen-bond donors (Lipinski definition) is 1. The van der Waals surface area contributed by atoms with Gasteiger partial charge in [-0.1, -0.05) is 6.92 Å². The van der Waals surface area contributed by atoms with Crippen LogP contribution in [0.25, 0.3) is 0 Å². The van der Waals surface area contributed by atoms with E-state index in [9.17, 15) is 0 Å². The number of methoxy groups -OCH3 is 1. The molecular weight excluding hydrogens is 176 g/mol. The van der Waals surface area contributed by atoms with Crippen LogP contribution in [-0.2, 0) is 4.74 Å². The molecule has 1 aliphatic rings. The zero-order valence-electron chi connectivity index (χ0n) is 9.59. The van der Waals surface area contributed by atoms with E-state index in [1.54, 1.807) is 0 Å². The molecule has 0 radical (unpaired) electrons. The van der Waals surface area contributed by atoms with Gasteiger partial charge in [-0.15, -0.1) is 0 Å². The van der Waals surface area contributed by atoms with Crippen molar-refractivity contribution in [3.63, 3.8) is 0 Å². The first-order valence-corrected chi connectivity index (χ1v) is 5.82. The van der Waals surface area contributed by atoms with Crippen molar-refractivity contribution in [3.8, 4) is 0 Å². The Morgan fingerprint density at radius 3 is 3.07 bits per heavy atom. The Hall–Kier alpha value is -0.120. The minimum atomic E-state index is 0.475. The molecule has 14 heavy (non-hydrogen) atoms. The molecule has 1 heterocycles. The van der Waals surface area contributed by atoms with E-state index in [1.807, 2.05) is 7.11 Å². The second-order valence-electron chi connectivity index (χ2n) is 4.01. The molecule has 1 atom stereocenters. The molecule has 1 aliphatic heterocycles. The topological polar surface area (TPSA) is 24.5 Å². The third-order valence-electron chi connectivity index (χ3n) is 2.87. The lowest BCUT2D eigenvalue weighted by molar-refractivity contribution is 0.0311. The summed E-state index contributed by atoms with van der Waals surface area (Å²) in [5, 5.41) is 3.36. The lowest BCUT2D eigenvalue weighted by Crippen LogP contribution is -2.40. The van der Waals surface area contributed by atoms with Gasteiger partial charge in [0.25, 0.3) is 0 Å². The van der Waals surface area contributed by atoms with E-state index in [2.05, 4.69) is 17.1 Å². The molecule has 3 nitrogen and oxygen atoms in total. The highest BCUT2D eigenvalue weighted by Crippen LogP contribution is 2.12. The molecule has 0 spiro atoms. The normalized spacial score (nSPS) is 24.0. The number of rotatable bonds is 6. The molecule has 1 fully saturated rings. The summed E-state index contributed by atoms with van der Waals surface area (Å²) in [5.41, 5.74) is 0. The minimum Gasteiger partial charge on any atom is -0.380 e. The fourth-order valence-corrected chi connectivity index (χ4v) is 2.01. The van der Waals surface area contributed by atoms with E-state index in [1.165, 1.54) is 32.4 Å². The van der Waals surface area contributed by atoms with E-state index in [0.29, 0.717) is 6.10 Å². The largest absolute Gasteiger partial charge is 0.380 e. The molecule has 0 aromatic heterocycles. The summed E-state index contributed by atoms with van der Waals surface area (Å²) < 4.78 is 5.39. The van der Waals surface area contributed by atoms with Crippen LogP contribution in [0.5, 0.6) is 0 Å². The molecule has 84 valence electrons. The highest BCUT2D eigenvalue weighted by Gasteiger charge is 2.18. The highest BCUT2D eigenvalue weighted by molar-refractivity contribution is 4.72. The van der Waals surface area contributed by atoms with Crippen molar-refractivity contribution < 1.29 is 4.74 Å². The Kier molecular flexibility index (Phi) is 6.15. The highest BCUT2D eigenvalue weighted by atomic mass is 16.5. The molecule has 0 amide bonds. The van der Waals surface area contributed by atoms with Crippen LogP contribution in [0.15, 0.2) is 0 Å². The maximum Gasteiger partial charge on any atom is 0.0698 e. The maximum atomic E-state index is 5.39. The standard InChI is InChI=1S/C11H24N2O/c1-3-12-7-5-9-13-8-4-6-11(10-13)14-2/h11-12H,3-10H2,1-2H3. The Bertz CT molecular complexity index is 141. The zero-order valence-corrected chi connectivity index (χ0v) is 9.59. The van der Waals surface area contributed by atoms with Gasteiger partial charge in [0.15, 0.2) is 0 Å². The molecule has 1 saturated heterocycles. The van der Waals surface area contributed by atoms with Crippen LogP contribution in [0.1, 0.15) is 26.2 Å². The fraction of sp³-hybridized carbons (Fsp3) is 1.00. The van der Waals surface area contributed by atoms with Crippen LogP contribution in [0.2, 0.25) is 0 Å². The average Bonchev–Trinajstić information content (AvgIpc) is 2.25. The predicted octanol–water partition coefficient (Wildman–Crippen LogP) is 1.10. The van der Waals surface area contributed by atoms with Crippen molar-refractivity contribution in [1.29, 1.82) is 0 Å². The molecule has 0 aliphatic carbocycles. The van der Waals surface area contributed by atoms with Crippen LogP contribution in [0, 0.1) is 0 Å². The van der Waals surface area contributed by atoms with Gasteiger partial charge in [-0.2, -0.15) is 0 Å². The fourth-order valence-electron chi connectivity index (χ4n) is 2.01. The number of ether oxygens (including phenoxy) is 1. The van der Waals surface area contributed by atoms with Crippen LogP contribution in [-0.4, -0.2) is 50.8 Å². The van der Waals surface area contributed by atoms with Gasteiger partial charge in [0, 0.05) is 13.7 Å². The first kappa shape index (κ1) is 12.0. The SMILES string of the molecule is CCNCCCN1CCCC(OC)C1. The van der Waals surface area contributed by atoms with E-state index >= 15 is 0 Å². The molecular formula is C11H24N2O. The van der Waals surface area contributed by atoms with E-state index < -0.39 is 0 Å². The number of piperidine rings is 1. The van der Waals surface area contributed by atoms with Gasteiger partial charge in [-0.05, 0) is 45.4 Å². The van der Waals surface area contributed by atoms with Crippen molar-refractivity contribution in [2.24, 2.45) is 0 Å². The molecule has 0 aromatic rings. The van der Waals surface area contributed by atoms with Crippen molar-refractivity contribution >= 4 is 0 Å². The number of nitrogens with zero attached hydrogens (tertiary/aromatic N) is 1. The quantitative estimate of drug-likeness (QED) is 0.650. The predicted molar refractivity (Wildman–Crippen MR) is 59.6 cm³/mol. The van der Waals surface area contributed by atoms with Crippen molar-refractivity contribution in [2.45, 2.75) is 32.3 Å². The Labute approximate surface area is 87.8 Å².